The predicted octanol–water partition coefficient (Wildman–Crippen LogP) is 3.48. The molecule has 3 aromatic rings. The monoisotopic (exact) mass is 263 g/mol. The van der Waals surface area contributed by atoms with Gasteiger partial charge in [0.15, 0.2) is 0 Å². The van der Waals surface area contributed by atoms with E-state index in [9.17, 15) is 0 Å². The first-order chi connectivity index (χ1) is 9.83. The van der Waals surface area contributed by atoms with E-state index in [1.165, 1.54) is 10.9 Å². The maximum Gasteiger partial charge on any atom is 0.0705 e. The molecule has 0 fully saturated rings. The molecule has 0 spiro atoms. The highest BCUT2D eigenvalue weighted by molar-refractivity contribution is 5.78. The molecular weight excluding hydrogens is 246 g/mol. The molecule has 1 atom stereocenters. The number of nitrogens with zero attached hydrogens (tertiary/aromatic N) is 2. The Bertz CT molecular complexity index is 695. The molecule has 2 aromatic heterocycles. The third-order valence-corrected chi connectivity index (χ3v) is 3.45. The molecule has 0 aliphatic heterocycles. The molecule has 0 saturated heterocycles. The molecule has 100 valence electrons. The van der Waals surface area contributed by atoms with Gasteiger partial charge in [-0.3, -0.25) is 9.97 Å². The van der Waals surface area contributed by atoms with E-state index < -0.39 is 0 Å². The van der Waals surface area contributed by atoms with Gasteiger partial charge in [-0.05, 0) is 36.8 Å². The van der Waals surface area contributed by atoms with Crippen molar-refractivity contribution in [3.05, 3.63) is 72.2 Å². The van der Waals surface area contributed by atoms with Gasteiger partial charge in [0.25, 0.3) is 0 Å². The van der Waals surface area contributed by atoms with Gasteiger partial charge in [0.1, 0.15) is 0 Å². The zero-order chi connectivity index (χ0) is 13.8. The molecule has 1 N–H and O–H groups in total. The lowest BCUT2D eigenvalue weighted by Crippen LogP contribution is -2.18. The maximum absolute atomic E-state index is 4.67. The lowest BCUT2D eigenvalue weighted by atomic mass is 10.1. The van der Waals surface area contributed by atoms with Gasteiger partial charge in [-0.25, -0.2) is 0 Å². The molecule has 0 radical (unpaired) electrons. The Morgan fingerprint density at radius 3 is 2.65 bits per heavy atom. The number of para-hydroxylation sites is 1. The van der Waals surface area contributed by atoms with Gasteiger partial charge in [0, 0.05) is 30.4 Å². The van der Waals surface area contributed by atoms with Gasteiger partial charge in [-0.15, -0.1) is 0 Å². The third kappa shape index (κ3) is 2.83. The number of nitrogens with one attached hydrogen (secondary N) is 1. The lowest BCUT2D eigenvalue weighted by Gasteiger charge is -2.13. The van der Waals surface area contributed by atoms with Crippen LogP contribution in [0, 0.1) is 0 Å². The second kappa shape index (κ2) is 5.80. The van der Waals surface area contributed by atoms with Crippen LogP contribution in [0.1, 0.15) is 24.2 Å². The van der Waals surface area contributed by atoms with Gasteiger partial charge in [0.05, 0.1) is 11.2 Å². The fourth-order valence-corrected chi connectivity index (χ4v) is 2.23. The summed E-state index contributed by atoms with van der Waals surface area (Å²) >= 11 is 0. The Balaban J connectivity index is 1.70. The van der Waals surface area contributed by atoms with Crippen molar-refractivity contribution >= 4 is 10.9 Å². The van der Waals surface area contributed by atoms with Crippen LogP contribution in [-0.2, 0) is 6.54 Å². The van der Waals surface area contributed by atoms with Crippen molar-refractivity contribution < 1.29 is 0 Å². The average Bonchev–Trinajstić information content (AvgIpc) is 2.53. The highest BCUT2D eigenvalue weighted by atomic mass is 14.9. The molecule has 1 aromatic carbocycles. The third-order valence-electron chi connectivity index (χ3n) is 3.45. The molecule has 0 unspecified atom stereocenters. The quantitative estimate of drug-likeness (QED) is 0.783. The summed E-state index contributed by atoms with van der Waals surface area (Å²) in [5.41, 5.74) is 3.34. The highest BCUT2D eigenvalue weighted by Gasteiger charge is 2.05. The molecule has 0 bridgehead atoms. The summed E-state index contributed by atoms with van der Waals surface area (Å²) in [6, 6.07) is 16.7. The van der Waals surface area contributed by atoms with Crippen LogP contribution in [0.15, 0.2) is 60.9 Å². The first-order valence-electron chi connectivity index (χ1n) is 6.81. The van der Waals surface area contributed by atoms with E-state index in [0.717, 1.165) is 17.8 Å². The summed E-state index contributed by atoms with van der Waals surface area (Å²) in [4.78, 5) is 8.71. The summed E-state index contributed by atoms with van der Waals surface area (Å²) in [6.45, 7) is 2.91. The number of rotatable bonds is 4. The number of fused-ring (bicyclic) bond motifs is 1. The molecule has 0 amide bonds. The Hall–Kier alpha value is -2.26. The van der Waals surface area contributed by atoms with Crippen LogP contribution in [-0.4, -0.2) is 9.97 Å². The molecule has 0 saturated carbocycles. The lowest BCUT2D eigenvalue weighted by molar-refractivity contribution is 0.568. The maximum atomic E-state index is 4.67. The summed E-state index contributed by atoms with van der Waals surface area (Å²) in [6.07, 6.45) is 3.64. The zero-order valence-corrected chi connectivity index (χ0v) is 11.5. The Labute approximate surface area is 118 Å². The van der Waals surface area contributed by atoms with E-state index in [1.807, 2.05) is 42.7 Å². The Morgan fingerprint density at radius 1 is 1.00 bits per heavy atom. The van der Waals surface area contributed by atoms with Crippen LogP contribution in [0.3, 0.4) is 0 Å². The zero-order valence-electron chi connectivity index (χ0n) is 11.5. The van der Waals surface area contributed by atoms with Crippen LogP contribution in [0.4, 0.5) is 0 Å². The van der Waals surface area contributed by atoms with E-state index in [4.69, 9.17) is 0 Å². The molecule has 3 nitrogen and oxygen atoms in total. The van der Waals surface area contributed by atoms with E-state index in [-0.39, 0.29) is 6.04 Å². The highest BCUT2D eigenvalue weighted by Crippen LogP contribution is 2.14. The van der Waals surface area contributed by atoms with Crippen LogP contribution < -0.4 is 5.32 Å². The molecular formula is C17H17N3. The van der Waals surface area contributed by atoms with Crippen molar-refractivity contribution in [2.75, 3.05) is 0 Å². The van der Waals surface area contributed by atoms with E-state index in [0.29, 0.717) is 0 Å². The van der Waals surface area contributed by atoms with Gasteiger partial charge in [0.2, 0.25) is 0 Å². The van der Waals surface area contributed by atoms with Gasteiger partial charge in [-0.2, -0.15) is 0 Å². The second-order valence-electron chi connectivity index (χ2n) is 4.88. The number of hydrogen-bond acceptors (Lipinski definition) is 3. The van der Waals surface area contributed by atoms with Crippen LogP contribution in [0.2, 0.25) is 0 Å². The largest absolute Gasteiger partial charge is 0.305 e. The molecule has 3 heteroatoms. The predicted molar refractivity (Wildman–Crippen MR) is 81.2 cm³/mol. The van der Waals surface area contributed by atoms with Gasteiger partial charge >= 0.3 is 0 Å². The standard InChI is InChI=1S/C17H17N3/c1-13(14-8-10-18-11-9-14)19-12-16-7-6-15-4-2-3-5-17(15)20-16/h2-11,13,19H,12H2,1H3/t13-/m0/s1. The van der Waals surface area contributed by atoms with Crippen molar-refractivity contribution in [3.63, 3.8) is 0 Å². The van der Waals surface area contributed by atoms with Crippen LogP contribution in [0.5, 0.6) is 0 Å². The number of aromatic nitrogens is 2. The molecule has 0 aliphatic carbocycles. The number of pyridine rings is 2. The van der Waals surface area contributed by atoms with Crippen LogP contribution >= 0.6 is 0 Å². The van der Waals surface area contributed by atoms with E-state index in [2.05, 4.69) is 40.4 Å². The van der Waals surface area contributed by atoms with Crippen molar-refractivity contribution in [2.24, 2.45) is 0 Å². The van der Waals surface area contributed by atoms with Gasteiger partial charge < -0.3 is 5.32 Å². The first-order valence-corrected chi connectivity index (χ1v) is 6.81. The smallest absolute Gasteiger partial charge is 0.0705 e. The summed E-state index contributed by atoms with van der Waals surface area (Å²) in [5, 5.41) is 4.67. The van der Waals surface area contributed by atoms with Crippen LogP contribution in [0.25, 0.3) is 10.9 Å². The first kappa shape index (κ1) is 12.8. The molecule has 20 heavy (non-hydrogen) atoms. The average molecular weight is 263 g/mol. The minimum Gasteiger partial charge on any atom is -0.305 e. The van der Waals surface area contributed by atoms with Crippen molar-refractivity contribution in [2.45, 2.75) is 19.5 Å². The minimum absolute atomic E-state index is 0.284. The van der Waals surface area contributed by atoms with Crippen molar-refractivity contribution in [1.82, 2.24) is 15.3 Å². The molecule has 2 heterocycles. The number of hydrogen-bond donors (Lipinski definition) is 1. The second-order valence-corrected chi connectivity index (χ2v) is 4.88. The fourth-order valence-electron chi connectivity index (χ4n) is 2.23. The number of benzene rings is 1. The summed E-state index contributed by atoms with van der Waals surface area (Å²) < 4.78 is 0. The van der Waals surface area contributed by atoms with Crippen molar-refractivity contribution in [1.29, 1.82) is 0 Å². The Kier molecular flexibility index (Phi) is 3.70. The minimum atomic E-state index is 0.284. The Morgan fingerprint density at radius 2 is 1.80 bits per heavy atom. The van der Waals surface area contributed by atoms with E-state index >= 15 is 0 Å². The van der Waals surface area contributed by atoms with E-state index in [1.54, 1.807) is 0 Å². The topological polar surface area (TPSA) is 37.8 Å². The molecule has 3 rings (SSSR count). The van der Waals surface area contributed by atoms with Gasteiger partial charge in [-0.1, -0.05) is 24.3 Å². The summed E-state index contributed by atoms with van der Waals surface area (Å²) in [5.74, 6) is 0. The molecule has 0 aliphatic rings. The fraction of sp³-hybridized carbons (Fsp3) is 0.176. The SMILES string of the molecule is C[C@H](NCc1ccc2ccccc2n1)c1ccncc1. The summed E-state index contributed by atoms with van der Waals surface area (Å²) in [7, 11) is 0. The normalized spacial score (nSPS) is 12.4. The van der Waals surface area contributed by atoms with Crippen molar-refractivity contribution in [3.8, 4) is 0 Å².